The lowest BCUT2D eigenvalue weighted by molar-refractivity contribution is -0.134. The van der Waals surface area contributed by atoms with Crippen LogP contribution >= 0.6 is 0 Å². The van der Waals surface area contributed by atoms with Gasteiger partial charge >= 0.3 is 0 Å². The highest BCUT2D eigenvalue weighted by Gasteiger charge is 2.14. The lowest BCUT2D eigenvalue weighted by Gasteiger charge is -2.20. The first-order valence-corrected chi connectivity index (χ1v) is 4.81. The van der Waals surface area contributed by atoms with Gasteiger partial charge in [0.25, 0.3) is 0 Å². The second-order valence-electron chi connectivity index (χ2n) is 3.31. The Bertz CT molecular complexity index is 89.8. The predicted octanol–water partition coefficient (Wildman–Crippen LogP) is 2.82. The van der Waals surface area contributed by atoms with E-state index in [2.05, 4.69) is 13.8 Å². The molecule has 0 saturated heterocycles. The molecule has 0 N–H and O–H groups in total. The van der Waals surface area contributed by atoms with Crippen molar-refractivity contribution in [3.63, 3.8) is 0 Å². The Labute approximate surface area is 76.3 Å². The fourth-order valence-electron chi connectivity index (χ4n) is 1.41. The zero-order chi connectivity index (χ0) is 9.40. The molecule has 0 aromatic carbocycles. The van der Waals surface area contributed by atoms with Crippen molar-refractivity contribution in [1.29, 1.82) is 0 Å². The molecule has 0 rings (SSSR count). The molecule has 0 aliphatic carbocycles. The summed E-state index contributed by atoms with van der Waals surface area (Å²) in [6, 6.07) is 0. The third kappa shape index (κ3) is 4.73. The van der Waals surface area contributed by atoms with E-state index in [0.29, 0.717) is 5.92 Å². The van der Waals surface area contributed by atoms with Crippen molar-refractivity contribution in [3.8, 4) is 0 Å². The maximum Gasteiger partial charge on any atom is 0.159 e. The van der Waals surface area contributed by atoms with Crippen molar-refractivity contribution in [3.05, 3.63) is 0 Å². The molecule has 0 heterocycles. The van der Waals surface area contributed by atoms with Crippen LogP contribution in [0, 0.1) is 5.92 Å². The van der Waals surface area contributed by atoms with E-state index in [1.54, 1.807) is 14.2 Å². The largest absolute Gasteiger partial charge is 0.356 e. The van der Waals surface area contributed by atoms with E-state index in [1.807, 2.05) is 0 Å². The molecule has 12 heavy (non-hydrogen) atoms. The van der Waals surface area contributed by atoms with Gasteiger partial charge in [0.15, 0.2) is 6.29 Å². The van der Waals surface area contributed by atoms with E-state index >= 15 is 0 Å². The third-order valence-electron chi connectivity index (χ3n) is 2.19. The smallest absolute Gasteiger partial charge is 0.159 e. The van der Waals surface area contributed by atoms with Crippen LogP contribution in [0.4, 0.5) is 0 Å². The summed E-state index contributed by atoms with van der Waals surface area (Å²) in [5.41, 5.74) is 0. The minimum absolute atomic E-state index is 0.0261. The molecule has 2 nitrogen and oxygen atoms in total. The Balaban J connectivity index is 3.47. The first-order valence-electron chi connectivity index (χ1n) is 4.81. The Morgan fingerprint density at radius 1 is 1.08 bits per heavy atom. The maximum atomic E-state index is 5.17. The monoisotopic (exact) mass is 174 g/mol. The van der Waals surface area contributed by atoms with Gasteiger partial charge < -0.3 is 9.47 Å². The van der Waals surface area contributed by atoms with Crippen LogP contribution < -0.4 is 0 Å². The zero-order valence-corrected chi connectivity index (χ0v) is 8.80. The Morgan fingerprint density at radius 2 is 1.67 bits per heavy atom. The normalized spacial score (nSPS) is 13.8. The average Bonchev–Trinajstić information content (AvgIpc) is 2.07. The van der Waals surface area contributed by atoms with Crippen molar-refractivity contribution >= 4 is 0 Å². The van der Waals surface area contributed by atoms with Crippen LogP contribution in [0.15, 0.2) is 0 Å². The highest BCUT2D eigenvalue weighted by Crippen LogP contribution is 2.15. The van der Waals surface area contributed by atoms with Gasteiger partial charge in [-0.1, -0.05) is 33.1 Å². The highest BCUT2D eigenvalue weighted by molar-refractivity contribution is 4.56. The standard InChI is InChI=1S/C10H22O2/c1-5-6-7-8-9(2)10(11-3)12-4/h9-10H,5-8H2,1-4H3. The van der Waals surface area contributed by atoms with Gasteiger partial charge in [-0.2, -0.15) is 0 Å². The molecule has 1 unspecified atom stereocenters. The molecule has 0 spiro atoms. The number of rotatable bonds is 7. The van der Waals surface area contributed by atoms with Crippen molar-refractivity contribution in [1.82, 2.24) is 0 Å². The van der Waals surface area contributed by atoms with Crippen LogP contribution in [0.1, 0.15) is 39.5 Å². The van der Waals surface area contributed by atoms with Crippen molar-refractivity contribution < 1.29 is 9.47 Å². The summed E-state index contributed by atoms with van der Waals surface area (Å²) >= 11 is 0. The van der Waals surface area contributed by atoms with Crippen molar-refractivity contribution in [2.45, 2.75) is 45.8 Å². The van der Waals surface area contributed by atoms with E-state index < -0.39 is 0 Å². The summed E-state index contributed by atoms with van der Waals surface area (Å²) in [6.07, 6.45) is 5.03. The van der Waals surface area contributed by atoms with Gasteiger partial charge in [-0.05, 0) is 6.42 Å². The fourth-order valence-corrected chi connectivity index (χ4v) is 1.41. The lowest BCUT2D eigenvalue weighted by atomic mass is 10.0. The van der Waals surface area contributed by atoms with E-state index in [9.17, 15) is 0 Å². The van der Waals surface area contributed by atoms with Gasteiger partial charge in [0.2, 0.25) is 0 Å². The van der Waals surface area contributed by atoms with Crippen LogP contribution in [-0.2, 0) is 9.47 Å². The Hall–Kier alpha value is -0.0800. The van der Waals surface area contributed by atoms with Gasteiger partial charge in [0.05, 0.1) is 0 Å². The first kappa shape index (κ1) is 11.9. The molecule has 74 valence electrons. The molecular weight excluding hydrogens is 152 g/mol. The maximum absolute atomic E-state index is 5.17. The molecule has 0 aliphatic rings. The number of methoxy groups -OCH3 is 2. The van der Waals surface area contributed by atoms with Gasteiger partial charge in [-0.15, -0.1) is 0 Å². The summed E-state index contributed by atoms with van der Waals surface area (Å²) < 4.78 is 10.3. The van der Waals surface area contributed by atoms with Gasteiger partial charge in [0.1, 0.15) is 0 Å². The summed E-state index contributed by atoms with van der Waals surface area (Å²) in [6.45, 7) is 4.39. The topological polar surface area (TPSA) is 18.5 Å². The van der Waals surface area contributed by atoms with Crippen LogP contribution in [0.3, 0.4) is 0 Å². The molecule has 0 aromatic rings. The van der Waals surface area contributed by atoms with Crippen molar-refractivity contribution in [2.24, 2.45) is 5.92 Å². The number of unbranched alkanes of at least 4 members (excludes halogenated alkanes) is 2. The molecule has 0 fully saturated rings. The molecule has 0 aliphatic heterocycles. The second-order valence-corrected chi connectivity index (χ2v) is 3.31. The molecule has 0 aromatic heterocycles. The zero-order valence-electron chi connectivity index (χ0n) is 8.80. The average molecular weight is 174 g/mol. The number of hydrogen-bond acceptors (Lipinski definition) is 2. The van der Waals surface area contributed by atoms with Crippen LogP contribution in [-0.4, -0.2) is 20.5 Å². The third-order valence-corrected chi connectivity index (χ3v) is 2.19. The van der Waals surface area contributed by atoms with E-state index in [1.165, 1.54) is 25.7 Å². The predicted molar refractivity (Wildman–Crippen MR) is 51.1 cm³/mol. The summed E-state index contributed by atoms with van der Waals surface area (Å²) in [5, 5.41) is 0. The first-order chi connectivity index (χ1) is 5.76. The summed E-state index contributed by atoms with van der Waals surface area (Å²) in [5.74, 6) is 0.506. The Kier molecular flexibility index (Phi) is 7.51. The molecule has 0 bridgehead atoms. The van der Waals surface area contributed by atoms with Gasteiger partial charge in [-0.3, -0.25) is 0 Å². The molecule has 0 radical (unpaired) electrons. The SMILES string of the molecule is CCCCCC(C)C(OC)OC. The van der Waals surface area contributed by atoms with E-state index in [-0.39, 0.29) is 6.29 Å². The molecule has 1 atom stereocenters. The Morgan fingerprint density at radius 3 is 2.08 bits per heavy atom. The van der Waals surface area contributed by atoms with E-state index in [4.69, 9.17) is 9.47 Å². The fraction of sp³-hybridized carbons (Fsp3) is 1.00. The van der Waals surface area contributed by atoms with Crippen molar-refractivity contribution in [2.75, 3.05) is 14.2 Å². The second kappa shape index (κ2) is 7.56. The molecule has 0 amide bonds. The van der Waals surface area contributed by atoms with Gasteiger partial charge in [0, 0.05) is 20.1 Å². The highest BCUT2D eigenvalue weighted by atomic mass is 16.7. The number of hydrogen-bond donors (Lipinski definition) is 0. The summed E-state index contributed by atoms with van der Waals surface area (Å²) in [7, 11) is 3.40. The minimum atomic E-state index is -0.0261. The summed E-state index contributed by atoms with van der Waals surface area (Å²) in [4.78, 5) is 0. The molecule has 2 heteroatoms. The number of ether oxygens (including phenoxy) is 2. The molecule has 0 saturated carbocycles. The van der Waals surface area contributed by atoms with E-state index in [0.717, 1.165) is 0 Å². The lowest BCUT2D eigenvalue weighted by Crippen LogP contribution is -2.22. The minimum Gasteiger partial charge on any atom is -0.356 e. The quantitative estimate of drug-likeness (QED) is 0.436. The van der Waals surface area contributed by atoms with Crippen LogP contribution in [0.25, 0.3) is 0 Å². The van der Waals surface area contributed by atoms with Crippen LogP contribution in [0.5, 0.6) is 0 Å². The van der Waals surface area contributed by atoms with Gasteiger partial charge in [-0.25, -0.2) is 0 Å². The van der Waals surface area contributed by atoms with Crippen LogP contribution in [0.2, 0.25) is 0 Å². The molecular formula is C10H22O2.